The Morgan fingerprint density at radius 3 is 1.78 bits per heavy atom. The highest BCUT2D eigenvalue weighted by atomic mass is 19.1. The molecule has 1 heterocycles. The normalized spacial score (nSPS) is 11.9. The molecule has 6 heteroatoms. The minimum atomic E-state index is -0.968. The Balaban J connectivity index is 1.61. The van der Waals surface area contributed by atoms with Crippen molar-refractivity contribution in [3.05, 3.63) is 209 Å². The number of aromatic nitrogens is 2. The molecule has 244 valence electrons. The van der Waals surface area contributed by atoms with Gasteiger partial charge in [-0.25, -0.2) is 9.37 Å². The van der Waals surface area contributed by atoms with Crippen molar-refractivity contribution in [1.29, 1.82) is 5.26 Å². The number of aryl methyl sites for hydroxylation is 1. The molecule has 6 aromatic carbocycles. The van der Waals surface area contributed by atoms with E-state index in [-0.39, 0.29) is 5.56 Å². The van der Waals surface area contributed by atoms with Crippen LogP contribution in [-0.4, -0.2) is 14.7 Å². The minimum absolute atomic E-state index is 0.251. The van der Waals surface area contributed by atoms with Gasteiger partial charge in [0.15, 0.2) is 11.6 Å². The molecular weight excluding hydrogens is 620 g/mol. The van der Waals surface area contributed by atoms with Gasteiger partial charge in [-0.1, -0.05) is 134 Å². The average molecular weight is 655 g/mol. The van der Waals surface area contributed by atoms with Crippen LogP contribution in [0.1, 0.15) is 52.2 Å². The van der Waals surface area contributed by atoms with E-state index in [1.807, 2.05) is 98.0 Å². The third-order valence-electron chi connectivity index (χ3n) is 9.18. The number of imidazole rings is 1. The number of hydrogen-bond donors (Lipinski definition) is 2. The zero-order valence-corrected chi connectivity index (χ0v) is 27.5. The van der Waals surface area contributed by atoms with Crippen LogP contribution in [0.25, 0.3) is 11.3 Å². The van der Waals surface area contributed by atoms with Crippen LogP contribution in [0, 0.1) is 17.1 Å². The van der Waals surface area contributed by atoms with Crippen LogP contribution in [0.4, 0.5) is 10.1 Å². The molecule has 7 aromatic rings. The van der Waals surface area contributed by atoms with Gasteiger partial charge in [0, 0.05) is 23.0 Å². The summed E-state index contributed by atoms with van der Waals surface area (Å²) in [7, 11) is 0. The van der Waals surface area contributed by atoms with Crippen molar-refractivity contribution in [3.63, 3.8) is 0 Å². The van der Waals surface area contributed by atoms with Gasteiger partial charge in [-0.05, 0) is 59.0 Å². The maximum atomic E-state index is 16.4. The molecule has 0 fully saturated rings. The maximum Gasteiger partial charge on any atom is 0.170 e. The molecule has 0 amide bonds. The van der Waals surface area contributed by atoms with E-state index in [1.165, 1.54) is 6.07 Å². The van der Waals surface area contributed by atoms with Gasteiger partial charge in [0.05, 0.1) is 17.3 Å². The van der Waals surface area contributed by atoms with Crippen LogP contribution in [0.15, 0.2) is 164 Å². The number of anilines is 1. The molecule has 0 bridgehead atoms. The maximum absolute atomic E-state index is 16.4. The van der Waals surface area contributed by atoms with Crippen molar-refractivity contribution in [1.82, 2.24) is 9.55 Å². The van der Waals surface area contributed by atoms with Gasteiger partial charge in [0.25, 0.3) is 0 Å². The quantitative estimate of drug-likeness (QED) is 0.144. The number of benzene rings is 6. The summed E-state index contributed by atoms with van der Waals surface area (Å²) in [5.74, 6) is -0.627. The van der Waals surface area contributed by atoms with E-state index in [0.717, 1.165) is 27.8 Å². The summed E-state index contributed by atoms with van der Waals surface area (Å²) < 4.78 is 18.6. The van der Waals surface area contributed by atoms with Crippen LogP contribution in [-0.2, 0) is 12.0 Å². The molecule has 1 aromatic heterocycles. The number of hydrogen-bond acceptors (Lipinski definition) is 4. The molecule has 1 unspecified atom stereocenters. The number of aromatic hydroxyl groups is 1. The van der Waals surface area contributed by atoms with E-state index < -0.39 is 23.1 Å². The number of nitrogens with zero attached hydrogens (tertiary/aromatic N) is 3. The van der Waals surface area contributed by atoms with Gasteiger partial charge in [-0.15, -0.1) is 0 Å². The minimum Gasteiger partial charge on any atom is -0.505 e. The van der Waals surface area contributed by atoms with Crippen molar-refractivity contribution in [2.24, 2.45) is 0 Å². The second-order valence-corrected chi connectivity index (χ2v) is 12.2. The highest BCUT2D eigenvalue weighted by molar-refractivity contribution is 5.62. The number of halogens is 1. The van der Waals surface area contributed by atoms with Crippen molar-refractivity contribution in [3.8, 4) is 23.1 Å². The van der Waals surface area contributed by atoms with E-state index in [2.05, 4.69) is 52.4 Å². The van der Waals surface area contributed by atoms with E-state index >= 15 is 4.39 Å². The number of phenols is 1. The van der Waals surface area contributed by atoms with E-state index in [4.69, 9.17) is 4.98 Å². The Bertz CT molecular complexity index is 2150. The molecule has 0 saturated carbocycles. The van der Waals surface area contributed by atoms with Crippen molar-refractivity contribution in [2.75, 3.05) is 5.32 Å². The Morgan fingerprint density at radius 2 is 1.28 bits per heavy atom. The summed E-state index contributed by atoms with van der Waals surface area (Å²) in [5.41, 5.74) is 5.80. The molecule has 0 aliphatic carbocycles. The SMILES string of the molecule is CCc1cc(O)c(F)c(C(Nc2ccc(C#N)cc2)c2nc(-c3ccccc3)cn2C(c2ccccc2)(c2ccccc2)c2ccccc2)c1. The first-order valence-electron chi connectivity index (χ1n) is 16.6. The van der Waals surface area contributed by atoms with Gasteiger partial charge in [0.2, 0.25) is 0 Å². The lowest BCUT2D eigenvalue weighted by molar-refractivity contribution is 0.424. The van der Waals surface area contributed by atoms with Crippen LogP contribution >= 0.6 is 0 Å². The fraction of sp³-hybridized carbons (Fsp3) is 0.0909. The summed E-state index contributed by atoms with van der Waals surface area (Å²) in [4.78, 5) is 5.36. The van der Waals surface area contributed by atoms with Crippen molar-refractivity contribution >= 4 is 5.69 Å². The van der Waals surface area contributed by atoms with E-state index in [1.54, 1.807) is 30.3 Å². The Kier molecular flexibility index (Phi) is 8.96. The number of nitrogens with one attached hydrogen (secondary N) is 1. The first kappa shape index (κ1) is 32.1. The smallest absolute Gasteiger partial charge is 0.170 e. The lowest BCUT2D eigenvalue weighted by atomic mass is 9.76. The lowest BCUT2D eigenvalue weighted by Gasteiger charge is -2.39. The predicted octanol–water partition coefficient (Wildman–Crippen LogP) is 9.87. The first-order valence-corrected chi connectivity index (χ1v) is 16.6. The third kappa shape index (κ3) is 5.91. The number of phenolic OH excluding ortho intramolecular Hbond substituents is 1. The summed E-state index contributed by atoms with van der Waals surface area (Å²) in [6.45, 7) is 1.97. The molecule has 0 aliphatic rings. The van der Waals surface area contributed by atoms with E-state index in [0.29, 0.717) is 29.2 Å². The molecule has 2 N–H and O–H groups in total. The lowest BCUT2D eigenvalue weighted by Crippen LogP contribution is -2.39. The van der Waals surface area contributed by atoms with Crippen LogP contribution in [0.5, 0.6) is 5.75 Å². The van der Waals surface area contributed by atoms with Gasteiger partial charge in [-0.2, -0.15) is 5.26 Å². The highest BCUT2D eigenvalue weighted by Gasteiger charge is 2.42. The van der Waals surface area contributed by atoms with Crippen LogP contribution in [0.2, 0.25) is 0 Å². The predicted molar refractivity (Wildman–Crippen MR) is 196 cm³/mol. The average Bonchev–Trinajstić information content (AvgIpc) is 3.62. The molecule has 5 nitrogen and oxygen atoms in total. The summed E-state index contributed by atoms with van der Waals surface area (Å²) >= 11 is 0. The van der Waals surface area contributed by atoms with Gasteiger partial charge >= 0.3 is 0 Å². The molecule has 0 saturated heterocycles. The van der Waals surface area contributed by atoms with Crippen LogP contribution in [0.3, 0.4) is 0 Å². The summed E-state index contributed by atoms with van der Waals surface area (Å²) in [5, 5.41) is 24.0. The van der Waals surface area contributed by atoms with Crippen molar-refractivity contribution in [2.45, 2.75) is 24.9 Å². The van der Waals surface area contributed by atoms with Crippen LogP contribution < -0.4 is 5.32 Å². The zero-order chi connectivity index (χ0) is 34.5. The van der Waals surface area contributed by atoms with E-state index in [9.17, 15) is 10.4 Å². The molecule has 1 atom stereocenters. The van der Waals surface area contributed by atoms with Gasteiger partial charge < -0.3 is 15.0 Å². The zero-order valence-electron chi connectivity index (χ0n) is 27.5. The first-order chi connectivity index (χ1) is 24.5. The standard InChI is InChI=1S/C44H35FN4O/c1-2-31-27-38(41(45)40(50)28-31)42(47-37-25-23-32(29-46)24-26-37)43-48-39(33-15-7-3-8-16-33)30-49(43)44(34-17-9-4-10-18-34,35-19-11-5-12-20-35)36-21-13-6-14-22-36/h3-28,30,42,47,50H,2H2,1H3. The monoisotopic (exact) mass is 654 g/mol. The topological polar surface area (TPSA) is 73.9 Å². The highest BCUT2D eigenvalue weighted by Crippen LogP contribution is 2.45. The number of nitriles is 1. The second-order valence-electron chi connectivity index (χ2n) is 12.2. The molecule has 0 spiro atoms. The largest absolute Gasteiger partial charge is 0.505 e. The third-order valence-corrected chi connectivity index (χ3v) is 9.18. The molecule has 7 rings (SSSR count). The fourth-order valence-electron chi connectivity index (χ4n) is 6.77. The Morgan fingerprint density at radius 1 is 0.760 bits per heavy atom. The van der Waals surface area contributed by atoms with Gasteiger partial charge in [-0.3, -0.25) is 0 Å². The molecule has 50 heavy (non-hydrogen) atoms. The second kappa shape index (κ2) is 14.0. The fourth-order valence-corrected chi connectivity index (χ4v) is 6.77. The summed E-state index contributed by atoms with van der Waals surface area (Å²) in [6, 6.07) is 52.4. The molecular formula is C44H35FN4O. The van der Waals surface area contributed by atoms with Crippen molar-refractivity contribution < 1.29 is 9.50 Å². The molecule has 0 aliphatic heterocycles. The van der Waals surface area contributed by atoms with Gasteiger partial charge in [0.1, 0.15) is 17.4 Å². The Labute approximate surface area is 291 Å². The number of rotatable bonds is 10. The Hall–Kier alpha value is -6.45. The molecule has 0 radical (unpaired) electrons. The summed E-state index contributed by atoms with van der Waals surface area (Å²) in [6.07, 6.45) is 2.64.